The van der Waals surface area contributed by atoms with Crippen LogP contribution < -0.4 is 24.8 Å². The first kappa shape index (κ1) is 24.6. The number of para-hydroxylation sites is 1. The molecule has 0 radical (unpaired) electrons. The largest absolute Gasteiger partial charge is 0.496 e. The minimum atomic E-state index is -0.848. The standard InChI is InChI=1S/C24H26FN3O6/c1-24(2,10-11-33-21-17(25)6-5-7-18(21)31-3)28-23(30)22(29)27-15-8-9-16(19(12-15)32-4)20-13-26-14-34-20/h5-9,12-14H,10-11H2,1-4H3,(H,27,29)(H,28,30). The van der Waals surface area contributed by atoms with E-state index in [9.17, 15) is 14.0 Å². The van der Waals surface area contributed by atoms with E-state index in [0.717, 1.165) is 0 Å². The Kier molecular flexibility index (Phi) is 7.72. The minimum absolute atomic E-state index is 0.00686. The fraction of sp³-hybridized carbons (Fsp3) is 0.292. The van der Waals surface area contributed by atoms with E-state index in [0.29, 0.717) is 29.2 Å². The quantitative estimate of drug-likeness (QED) is 0.457. The SMILES string of the molecule is COc1cc(NC(=O)C(=O)NC(C)(C)CCOc2c(F)cccc2OC)ccc1-c1cnco1. The van der Waals surface area contributed by atoms with E-state index < -0.39 is 23.2 Å². The maximum absolute atomic E-state index is 14.0. The van der Waals surface area contributed by atoms with E-state index in [2.05, 4.69) is 15.6 Å². The van der Waals surface area contributed by atoms with Crippen LogP contribution in [0.4, 0.5) is 10.1 Å². The van der Waals surface area contributed by atoms with Crippen LogP contribution in [0.25, 0.3) is 11.3 Å². The molecule has 1 aromatic heterocycles. The van der Waals surface area contributed by atoms with E-state index in [-0.39, 0.29) is 18.1 Å². The number of rotatable bonds is 9. The smallest absolute Gasteiger partial charge is 0.313 e. The van der Waals surface area contributed by atoms with Crippen molar-refractivity contribution in [3.05, 3.63) is 54.8 Å². The third-order valence-electron chi connectivity index (χ3n) is 4.94. The molecule has 2 aromatic carbocycles. The summed E-state index contributed by atoms with van der Waals surface area (Å²) in [6.07, 6.45) is 3.15. The first-order valence-corrected chi connectivity index (χ1v) is 10.4. The van der Waals surface area contributed by atoms with E-state index in [1.807, 2.05) is 0 Å². The summed E-state index contributed by atoms with van der Waals surface area (Å²) >= 11 is 0. The average molecular weight is 471 g/mol. The lowest BCUT2D eigenvalue weighted by molar-refractivity contribution is -0.137. The Morgan fingerprint density at radius 1 is 1.09 bits per heavy atom. The van der Waals surface area contributed by atoms with Crippen molar-refractivity contribution < 1.29 is 32.6 Å². The second kappa shape index (κ2) is 10.7. The van der Waals surface area contributed by atoms with Gasteiger partial charge in [0.1, 0.15) is 5.75 Å². The first-order valence-electron chi connectivity index (χ1n) is 10.4. The zero-order valence-corrected chi connectivity index (χ0v) is 19.3. The Morgan fingerprint density at radius 2 is 1.85 bits per heavy atom. The Balaban J connectivity index is 1.57. The summed E-state index contributed by atoms with van der Waals surface area (Å²) in [5.74, 6) is -1.02. The molecule has 2 amide bonds. The molecule has 34 heavy (non-hydrogen) atoms. The van der Waals surface area contributed by atoms with Gasteiger partial charge in [-0.15, -0.1) is 0 Å². The molecule has 0 aliphatic rings. The number of anilines is 1. The zero-order valence-electron chi connectivity index (χ0n) is 19.3. The highest BCUT2D eigenvalue weighted by molar-refractivity contribution is 6.39. The van der Waals surface area contributed by atoms with Crippen LogP contribution in [0.5, 0.6) is 17.2 Å². The van der Waals surface area contributed by atoms with Gasteiger partial charge in [0.2, 0.25) is 0 Å². The predicted molar refractivity (Wildman–Crippen MR) is 122 cm³/mol. The van der Waals surface area contributed by atoms with Crippen molar-refractivity contribution in [1.82, 2.24) is 10.3 Å². The maximum Gasteiger partial charge on any atom is 0.313 e. The highest BCUT2D eigenvalue weighted by atomic mass is 19.1. The fourth-order valence-electron chi connectivity index (χ4n) is 3.13. The topological polar surface area (TPSA) is 112 Å². The molecule has 0 saturated heterocycles. The van der Waals surface area contributed by atoms with Gasteiger partial charge < -0.3 is 29.3 Å². The lowest BCUT2D eigenvalue weighted by Crippen LogP contribution is -2.48. The van der Waals surface area contributed by atoms with Crippen LogP contribution in [0.1, 0.15) is 20.3 Å². The lowest BCUT2D eigenvalue weighted by atomic mass is 10.0. The summed E-state index contributed by atoms with van der Waals surface area (Å²) in [7, 11) is 2.90. The second-order valence-corrected chi connectivity index (χ2v) is 7.94. The molecule has 0 atom stereocenters. The monoisotopic (exact) mass is 471 g/mol. The Labute approximate surface area is 196 Å². The molecule has 9 nitrogen and oxygen atoms in total. The van der Waals surface area contributed by atoms with Crippen molar-refractivity contribution in [2.24, 2.45) is 0 Å². The first-order chi connectivity index (χ1) is 16.2. The number of carbonyl (C=O) groups is 2. The van der Waals surface area contributed by atoms with Crippen LogP contribution in [0.2, 0.25) is 0 Å². The number of ether oxygens (including phenoxy) is 3. The van der Waals surface area contributed by atoms with Crippen LogP contribution in [-0.4, -0.2) is 43.2 Å². The Bertz CT molecular complexity index is 1150. The van der Waals surface area contributed by atoms with Crippen molar-refractivity contribution in [3.63, 3.8) is 0 Å². The molecular formula is C24H26FN3O6. The van der Waals surface area contributed by atoms with Crippen LogP contribution in [0, 0.1) is 5.82 Å². The van der Waals surface area contributed by atoms with Gasteiger partial charge in [0.05, 0.1) is 32.6 Å². The number of aromatic nitrogens is 1. The van der Waals surface area contributed by atoms with Crippen LogP contribution in [-0.2, 0) is 9.59 Å². The van der Waals surface area contributed by atoms with Gasteiger partial charge in [0.25, 0.3) is 0 Å². The average Bonchev–Trinajstić information content (AvgIpc) is 3.34. The van der Waals surface area contributed by atoms with E-state index in [4.69, 9.17) is 18.6 Å². The molecule has 0 bridgehead atoms. The molecule has 2 N–H and O–H groups in total. The van der Waals surface area contributed by atoms with Crippen molar-refractivity contribution in [1.29, 1.82) is 0 Å². The number of benzene rings is 2. The number of nitrogens with one attached hydrogen (secondary N) is 2. The van der Waals surface area contributed by atoms with E-state index in [1.165, 1.54) is 38.9 Å². The van der Waals surface area contributed by atoms with Gasteiger partial charge in [-0.2, -0.15) is 0 Å². The van der Waals surface area contributed by atoms with Crippen LogP contribution in [0.15, 0.2) is 53.4 Å². The number of halogens is 1. The fourth-order valence-corrected chi connectivity index (χ4v) is 3.13. The van der Waals surface area contributed by atoms with E-state index >= 15 is 0 Å². The van der Waals surface area contributed by atoms with Gasteiger partial charge in [0, 0.05) is 23.7 Å². The number of oxazole rings is 1. The molecular weight excluding hydrogens is 445 g/mol. The lowest BCUT2D eigenvalue weighted by Gasteiger charge is -2.26. The number of carbonyl (C=O) groups excluding carboxylic acids is 2. The minimum Gasteiger partial charge on any atom is -0.496 e. The zero-order chi connectivity index (χ0) is 24.7. The molecule has 3 aromatic rings. The third kappa shape index (κ3) is 6.03. The Morgan fingerprint density at radius 3 is 2.53 bits per heavy atom. The maximum atomic E-state index is 14.0. The van der Waals surface area contributed by atoms with Crippen molar-refractivity contribution in [2.45, 2.75) is 25.8 Å². The van der Waals surface area contributed by atoms with Crippen LogP contribution >= 0.6 is 0 Å². The number of nitrogens with zero attached hydrogens (tertiary/aromatic N) is 1. The molecule has 1 heterocycles. The predicted octanol–water partition coefficient (Wildman–Crippen LogP) is 3.80. The summed E-state index contributed by atoms with van der Waals surface area (Å²) in [5, 5.41) is 5.20. The molecule has 0 spiro atoms. The van der Waals surface area contributed by atoms with E-state index in [1.54, 1.807) is 38.1 Å². The molecule has 0 saturated carbocycles. The van der Waals surface area contributed by atoms with Gasteiger partial charge in [-0.1, -0.05) is 6.07 Å². The molecule has 180 valence electrons. The molecule has 0 aliphatic carbocycles. The second-order valence-electron chi connectivity index (χ2n) is 7.94. The summed E-state index contributed by atoms with van der Waals surface area (Å²) in [4.78, 5) is 28.8. The molecule has 3 rings (SSSR count). The highest BCUT2D eigenvalue weighted by Gasteiger charge is 2.25. The summed E-state index contributed by atoms with van der Waals surface area (Å²) in [6.45, 7) is 3.55. The van der Waals surface area contributed by atoms with Crippen molar-refractivity contribution in [2.75, 3.05) is 26.1 Å². The molecule has 10 heteroatoms. The number of amides is 2. The summed E-state index contributed by atoms with van der Waals surface area (Å²) in [5.41, 5.74) is 0.212. The third-order valence-corrected chi connectivity index (χ3v) is 4.94. The molecule has 0 unspecified atom stereocenters. The van der Waals surface area contributed by atoms with Gasteiger partial charge in [-0.05, 0) is 38.1 Å². The van der Waals surface area contributed by atoms with Crippen LogP contribution in [0.3, 0.4) is 0 Å². The number of hydrogen-bond donors (Lipinski definition) is 2. The van der Waals surface area contributed by atoms with Gasteiger partial charge in [-0.25, -0.2) is 9.37 Å². The number of hydrogen-bond acceptors (Lipinski definition) is 7. The normalized spacial score (nSPS) is 11.0. The highest BCUT2D eigenvalue weighted by Crippen LogP contribution is 2.32. The van der Waals surface area contributed by atoms with Gasteiger partial charge in [0.15, 0.2) is 29.5 Å². The molecule has 0 fully saturated rings. The summed E-state index contributed by atoms with van der Waals surface area (Å²) in [6, 6.07) is 9.24. The summed E-state index contributed by atoms with van der Waals surface area (Å²) < 4.78 is 35.2. The van der Waals surface area contributed by atoms with Crippen molar-refractivity contribution >= 4 is 17.5 Å². The van der Waals surface area contributed by atoms with Gasteiger partial charge >= 0.3 is 11.8 Å². The van der Waals surface area contributed by atoms with Gasteiger partial charge in [-0.3, -0.25) is 9.59 Å². The van der Waals surface area contributed by atoms with Crippen molar-refractivity contribution in [3.8, 4) is 28.6 Å². The Hall–Kier alpha value is -4.08. The molecule has 0 aliphatic heterocycles. The number of methoxy groups -OCH3 is 2.